The first-order chi connectivity index (χ1) is 9.70. The quantitative estimate of drug-likeness (QED) is 0.760. The van der Waals surface area contributed by atoms with Crippen molar-refractivity contribution in [1.29, 1.82) is 0 Å². The van der Waals surface area contributed by atoms with Gasteiger partial charge >= 0.3 is 5.69 Å². The average molecular weight is 266 g/mol. The summed E-state index contributed by atoms with van der Waals surface area (Å²) >= 11 is 0. The number of nitrogens with one attached hydrogen (secondary N) is 2. The molecular weight excluding hydrogens is 252 g/mol. The minimum absolute atomic E-state index is 0.161. The molecule has 0 spiro atoms. The van der Waals surface area contributed by atoms with Crippen LogP contribution in [0.2, 0.25) is 0 Å². The van der Waals surface area contributed by atoms with E-state index in [9.17, 15) is 9.59 Å². The smallest absolute Gasteiger partial charge is 0.306 e. The van der Waals surface area contributed by atoms with Crippen molar-refractivity contribution < 1.29 is 4.79 Å². The summed E-state index contributed by atoms with van der Waals surface area (Å²) in [6, 6.07) is 15.2. The van der Waals surface area contributed by atoms with Crippen molar-refractivity contribution in [3.05, 3.63) is 70.1 Å². The second-order valence-electron chi connectivity index (χ2n) is 4.84. The molecule has 0 atom stereocenters. The molecule has 1 aromatic heterocycles. The van der Waals surface area contributed by atoms with Gasteiger partial charge in [0.25, 0.3) is 0 Å². The number of H-pyrrole nitrogens is 2. The number of rotatable bonds is 4. The third-order valence-corrected chi connectivity index (χ3v) is 3.23. The summed E-state index contributed by atoms with van der Waals surface area (Å²) in [6.07, 6.45) is 0.806. The number of hydrogen-bond acceptors (Lipinski definition) is 2. The third kappa shape index (κ3) is 2.69. The Balaban J connectivity index is 1.75. The summed E-state index contributed by atoms with van der Waals surface area (Å²) in [5, 5.41) is 0. The number of aromatic amines is 2. The van der Waals surface area contributed by atoms with Gasteiger partial charge in [-0.3, -0.25) is 4.79 Å². The van der Waals surface area contributed by atoms with E-state index in [1.54, 1.807) is 0 Å². The van der Waals surface area contributed by atoms with E-state index in [1.807, 2.05) is 48.5 Å². The van der Waals surface area contributed by atoms with Crippen LogP contribution >= 0.6 is 0 Å². The van der Waals surface area contributed by atoms with Crippen molar-refractivity contribution in [2.24, 2.45) is 0 Å². The minimum atomic E-state index is -0.229. The average Bonchev–Trinajstić information content (AvgIpc) is 2.79. The molecule has 3 aromatic rings. The number of carbonyl (C=O) groups excluding carboxylic acids is 1. The Morgan fingerprint density at radius 1 is 0.850 bits per heavy atom. The van der Waals surface area contributed by atoms with Gasteiger partial charge in [-0.1, -0.05) is 36.4 Å². The van der Waals surface area contributed by atoms with Gasteiger partial charge in [0.2, 0.25) is 0 Å². The standard InChI is InChI=1S/C16H14N2O2/c19-13(8-11-4-2-1-3-5-11)9-12-6-7-14-15(10-12)18-16(20)17-14/h1-7,10H,8-9H2,(H2,17,18,20). The molecule has 0 radical (unpaired) electrons. The normalized spacial score (nSPS) is 10.8. The maximum absolute atomic E-state index is 12.0. The molecule has 0 saturated carbocycles. The lowest BCUT2D eigenvalue weighted by atomic mass is 10.0. The van der Waals surface area contributed by atoms with Crippen LogP contribution in [0.4, 0.5) is 0 Å². The van der Waals surface area contributed by atoms with Gasteiger partial charge < -0.3 is 9.97 Å². The van der Waals surface area contributed by atoms with Gasteiger partial charge in [-0.15, -0.1) is 0 Å². The van der Waals surface area contributed by atoms with Gasteiger partial charge in [0, 0.05) is 12.8 Å². The lowest BCUT2D eigenvalue weighted by Crippen LogP contribution is -2.06. The molecule has 2 N–H and O–H groups in total. The molecule has 3 rings (SSSR count). The van der Waals surface area contributed by atoms with Crippen LogP contribution in [0.5, 0.6) is 0 Å². The van der Waals surface area contributed by atoms with Gasteiger partial charge in [0.1, 0.15) is 5.78 Å². The number of aromatic nitrogens is 2. The van der Waals surface area contributed by atoms with Crippen LogP contribution in [0, 0.1) is 0 Å². The number of imidazole rings is 1. The molecule has 4 heteroatoms. The topological polar surface area (TPSA) is 65.7 Å². The van der Waals surface area contributed by atoms with Gasteiger partial charge in [-0.2, -0.15) is 0 Å². The van der Waals surface area contributed by atoms with E-state index in [1.165, 1.54) is 0 Å². The van der Waals surface area contributed by atoms with E-state index in [2.05, 4.69) is 9.97 Å². The highest BCUT2D eigenvalue weighted by molar-refractivity contribution is 5.84. The van der Waals surface area contributed by atoms with E-state index in [0.717, 1.165) is 22.2 Å². The van der Waals surface area contributed by atoms with Crippen LogP contribution in [0.15, 0.2) is 53.3 Å². The molecule has 0 aliphatic carbocycles. The van der Waals surface area contributed by atoms with Gasteiger partial charge in [0.05, 0.1) is 11.0 Å². The summed E-state index contributed by atoms with van der Waals surface area (Å²) in [7, 11) is 0. The Hall–Kier alpha value is -2.62. The first kappa shape index (κ1) is 12.4. The van der Waals surface area contributed by atoms with Gasteiger partial charge in [0.15, 0.2) is 0 Å². The SMILES string of the molecule is O=C(Cc1ccccc1)Cc1ccc2[nH]c(=O)[nH]c2c1. The molecule has 0 fully saturated rings. The second kappa shape index (κ2) is 5.17. The predicted molar refractivity (Wildman–Crippen MR) is 77.8 cm³/mol. The number of benzene rings is 2. The van der Waals surface area contributed by atoms with Crippen molar-refractivity contribution >= 4 is 16.8 Å². The van der Waals surface area contributed by atoms with E-state index >= 15 is 0 Å². The molecule has 0 aliphatic rings. The summed E-state index contributed by atoms with van der Waals surface area (Å²) in [5.41, 5.74) is 3.20. The highest BCUT2D eigenvalue weighted by Crippen LogP contribution is 2.12. The maximum Gasteiger partial charge on any atom is 0.323 e. The molecule has 0 unspecified atom stereocenters. The monoisotopic (exact) mass is 266 g/mol. The molecule has 20 heavy (non-hydrogen) atoms. The van der Waals surface area contributed by atoms with Crippen molar-refractivity contribution in [1.82, 2.24) is 9.97 Å². The molecule has 4 nitrogen and oxygen atoms in total. The molecule has 2 aromatic carbocycles. The van der Waals surface area contributed by atoms with Crippen LogP contribution < -0.4 is 5.69 Å². The van der Waals surface area contributed by atoms with Crippen molar-refractivity contribution in [2.75, 3.05) is 0 Å². The lowest BCUT2D eigenvalue weighted by molar-refractivity contribution is -0.117. The highest BCUT2D eigenvalue weighted by atomic mass is 16.1. The van der Waals surface area contributed by atoms with Crippen LogP contribution in [-0.4, -0.2) is 15.8 Å². The number of Topliss-reactive ketones (excluding diaryl/α,β-unsaturated/α-hetero) is 1. The Morgan fingerprint density at radius 3 is 2.35 bits per heavy atom. The minimum Gasteiger partial charge on any atom is -0.306 e. The van der Waals surface area contributed by atoms with Gasteiger partial charge in [-0.25, -0.2) is 4.79 Å². The Kier molecular flexibility index (Phi) is 3.21. The molecule has 0 bridgehead atoms. The number of carbonyl (C=O) groups is 1. The molecule has 0 saturated heterocycles. The summed E-state index contributed by atoms with van der Waals surface area (Å²) in [4.78, 5) is 28.6. The van der Waals surface area contributed by atoms with E-state index in [0.29, 0.717) is 12.8 Å². The van der Waals surface area contributed by atoms with Crippen LogP contribution in [0.3, 0.4) is 0 Å². The second-order valence-corrected chi connectivity index (χ2v) is 4.84. The first-order valence-electron chi connectivity index (χ1n) is 6.47. The van der Waals surface area contributed by atoms with Crippen molar-refractivity contribution in [2.45, 2.75) is 12.8 Å². The lowest BCUT2D eigenvalue weighted by Gasteiger charge is -2.02. The van der Waals surface area contributed by atoms with Crippen LogP contribution in [0.1, 0.15) is 11.1 Å². The maximum atomic E-state index is 12.0. The number of hydrogen-bond donors (Lipinski definition) is 2. The molecule has 0 amide bonds. The highest BCUT2D eigenvalue weighted by Gasteiger charge is 2.06. The Morgan fingerprint density at radius 2 is 1.55 bits per heavy atom. The molecule has 1 heterocycles. The van der Waals surface area contributed by atoms with Crippen molar-refractivity contribution in [3.8, 4) is 0 Å². The Bertz CT molecular complexity index is 800. The van der Waals surface area contributed by atoms with Crippen LogP contribution in [-0.2, 0) is 17.6 Å². The zero-order valence-corrected chi connectivity index (χ0v) is 10.8. The molecule has 0 aliphatic heterocycles. The van der Waals surface area contributed by atoms with E-state index in [-0.39, 0.29) is 11.5 Å². The fraction of sp³-hybridized carbons (Fsp3) is 0.125. The number of ketones is 1. The molecule has 100 valence electrons. The van der Waals surface area contributed by atoms with Crippen molar-refractivity contribution in [3.63, 3.8) is 0 Å². The zero-order valence-electron chi connectivity index (χ0n) is 10.8. The number of fused-ring (bicyclic) bond motifs is 1. The fourth-order valence-corrected chi connectivity index (χ4v) is 2.30. The summed E-state index contributed by atoms with van der Waals surface area (Å²) in [6.45, 7) is 0. The third-order valence-electron chi connectivity index (χ3n) is 3.23. The largest absolute Gasteiger partial charge is 0.323 e. The molecular formula is C16H14N2O2. The van der Waals surface area contributed by atoms with E-state index in [4.69, 9.17) is 0 Å². The zero-order chi connectivity index (χ0) is 13.9. The Labute approximate surface area is 115 Å². The van der Waals surface area contributed by atoms with Crippen LogP contribution in [0.25, 0.3) is 11.0 Å². The summed E-state index contributed by atoms with van der Waals surface area (Å²) < 4.78 is 0. The van der Waals surface area contributed by atoms with Gasteiger partial charge in [-0.05, 0) is 23.3 Å². The fourth-order valence-electron chi connectivity index (χ4n) is 2.30. The first-order valence-corrected chi connectivity index (χ1v) is 6.47. The summed E-state index contributed by atoms with van der Waals surface area (Å²) in [5.74, 6) is 0.161. The van der Waals surface area contributed by atoms with E-state index < -0.39 is 0 Å². The predicted octanol–water partition coefficient (Wildman–Crippen LogP) is 2.21.